The van der Waals surface area contributed by atoms with Gasteiger partial charge in [0, 0.05) is 37.3 Å². The standard InChI is InChI=1S/C10H18N4O/c1-7(10(11)15)4-12-5-9-6-13-14(3)8(9)2/h6-7,12H,4-5H2,1-3H3,(H2,11,15). The number of aromatic nitrogens is 2. The van der Waals surface area contributed by atoms with Crippen LogP contribution in [0.15, 0.2) is 6.20 Å². The number of nitrogens with one attached hydrogen (secondary N) is 1. The van der Waals surface area contributed by atoms with Crippen molar-refractivity contribution < 1.29 is 4.79 Å². The fourth-order valence-electron chi connectivity index (χ4n) is 1.24. The Morgan fingerprint density at radius 2 is 2.40 bits per heavy atom. The van der Waals surface area contributed by atoms with Crippen LogP contribution in [0.3, 0.4) is 0 Å². The quantitative estimate of drug-likeness (QED) is 0.715. The lowest BCUT2D eigenvalue weighted by molar-refractivity contribution is -0.121. The van der Waals surface area contributed by atoms with Gasteiger partial charge >= 0.3 is 0 Å². The number of aryl methyl sites for hydroxylation is 1. The summed E-state index contributed by atoms with van der Waals surface area (Å²) in [6.07, 6.45) is 1.83. The van der Waals surface area contributed by atoms with Crippen LogP contribution in [0.2, 0.25) is 0 Å². The van der Waals surface area contributed by atoms with Crippen LogP contribution >= 0.6 is 0 Å². The third kappa shape index (κ3) is 3.06. The minimum atomic E-state index is -0.273. The van der Waals surface area contributed by atoms with Crippen LogP contribution in [-0.2, 0) is 18.4 Å². The summed E-state index contributed by atoms with van der Waals surface area (Å²) in [5.41, 5.74) is 7.43. The van der Waals surface area contributed by atoms with Gasteiger partial charge in [0.05, 0.1) is 6.20 Å². The molecule has 5 heteroatoms. The highest BCUT2D eigenvalue weighted by molar-refractivity contribution is 5.76. The molecule has 0 spiro atoms. The van der Waals surface area contributed by atoms with Crippen molar-refractivity contribution in [3.05, 3.63) is 17.5 Å². The molecule has 1 rings (SSSR count). The number of carbonyl (C=O) groups excluding carboxylic acids is 1. The maximum Gasteiger partial charge on any atom is 0.221 e. The smallest absolute Gasteiger partial charge is 0.221 e. The van der Waals surface area contributed by atoms with Crippen molar-refractivity contribution in [1.29, 1.82) is 0 Å². The van der Waals surface area contributed by atoms with Crippen molar-refractivity contribution in [2.45, 2.75) is 20.4 Å². The van der Waals surface area contributed by atoms with Gasteiger partial charge in [-0.15, -0.1) is 0 Å². The predicted molar refractivity (Wildman–Crippen MR) is 58.0 cm³/mol. The molecule has 1 amide bonds. The molecule has 84 valence electrons. The van der Waals surface area contributed by atoms with Crippen LogP contribution in [0.4, 0.5) is 0 Å². The number of primary amides is 1. The summed E-state index contributed by atoms with van der Waals surface area (Å²) in [6, 6.07) is 0. The fourth-order valence-corrected chi connectivity index (χ4v) is 1.24. The zero-order valence-corrected chi connectivity index (χ0v) is 9.45. The van der Waals surface area contributed by atoms with E-state index in [1.807, 2.05) is 31.8 Å². The van der Waals surface area contributed by atoms with Crippen LogP contribution in [-0.4, -0.2) is 22.2 Å². The molecule has 0 bridgehead atoms. The topological polar surface area (TPSA) is 72.9 Å². The summed E-state index contributed by atoms with van der Waals surface area (Å²) in [5, 5.41) is 7.32. The first-order chi connectivity index (χ1) is 7.02. The van der Waals surface area contributed by atoms with Crippen molar-refractivity contribution in [1.82, 2.24) is 15.1 Å². The van der Waals surface area contributed by atoms with E-state index in [-0.39, 0.29) is 11.8 Å². The Labute approximate surface area is 89.6 Å². The molecule has 1 aromatic heterocycles. The first-order valence-electron chi connectivity index (χ1n) is 5.00. The van der Waals surface area contributed by atoms with Crippen molar-refractivity contribution in [2.75, 3.05) is 6.54 Å². The van der Waals surface area contributed by atoms with Gasteiger partial charge in [0.2, 0.25) is 5.91 Å². The van der Waals surface area contributed by atoms with E-state index in [4.69, 9.17) is 5.73 Å². The van der Waals surface area contributed by atoms with E-state index in [0.29, 0.717) is 6.54 Å². The highest BCUT2D eigenvalue weighted by Gasteiger charge is 2.08. The van der Waals surface area contributed by atoms with Gasteiger partial charge in [0.15, 0.2) is 0 Å². The maximum absolute atomic E-state index is 10.8. The van der Waals surface area contributed by atoms with E-state index in [0.717, 1.165) is 17.8 Å². The van der Waals surface area contributed by atoms with Crippen LogP contribution in [0.1, 0.15) is 18.2 Å². The van der Waals surface area contributed by atoms with Gasteiger partial charge in [0.25, 0.3) is 0 Å². The molecule has 1 heterocycles. The Bertz CT molecular complexity index is 345. The number of hydrogen-bond donors (Lipinski definition) is 2. The second-order valence-corrected chi connectivity index (χ2v) is 3.81. The second-order valence-electron chi connectivity index (χ2n) is 3.81. The van der Waals surface area contributed by atoms with Gasteiger partial charge in [-0.3, -0.25) is 9.48 Å². The van der Waals surface area contributed by atoms with Gasteiger partial charge in [-0.1, -0.05) is 6.92 Å². The first-order valence-corrected chi connectivity index (χ1v) is 5.00. The molecule has 0 aliphatic rings. The fraction of sp³-hybridized carbons (Fsp3) is 0.600. The van der Waals surface area contributed by atoms with Gasteiger partial charge in [-0.2, -0.15) is 5.10 Å². The van der Waals surface area contributed by atoms with Crippen LogP contribution in [0.5, 0.6) is 0 Å². The molecule has 0 aromatic carbocycles. The van der Waals surface area contributed by atoms with E-state index in [2.05, 4.69) is 10.4 Å². The predicted octanol–water partition coefficient (Wildman–Crippen LogP) is -0.0605. The lowest BCUT2D eigenvalue weighted by atomic mass is 10.1. The lowest BCUT2D eigenvalue weighted by Crippen LogP contribution is -2.30. The molecule has 1 atom stereocenters. The molecule has 0 saturated carbocycles. The number of nitrogens with zero attached hydrogens (tertiary/aromatic N) is 2. The number of carbonyl (C=O) groups is 1. The van der Waals surface area contributed by atoms with Crippen LogP contribution < -0.4 is 11.1 Å². The molecule has 3 N–H and O–H groups in total. The summed E-state index contributed by atoms with van der Waals surface area (Å²) in [7, 11) is 1.91. The van der Waals surface area contributed by atoms with Crippen molar-refractivity contribution in [3.8, 4) is 0 Å². The normalized spacial score (nSPS) is 12.7. The summed E-state index contributed by atoms with van der Waals surface area (Å²) < 4.78 is 1.83. The molecule has 1 aromatic rings. The molecule has 0 fully saturated rings. The van der Waals surface area contributed by atoms with Crippen molar-refractivity contribution >= 4 is 5.91 Å². The Hall–Kier alpha value is -1.36. The Balaban J connectivity index is 2.38. The Kier molecular flexibility index (Phi) is 3.85. The summed E-state index contributed by atoms with van der Waals surface area (Å²) >= 11 is 0. The number of rotatable bonds is 5. The number of nitrogens with two attached hydrogens (primary N) is 1. The zero-order valence-electron chi connectivity index (χ0n) is 9.45. The molecule has 0 saturated heterocycles. The molecular weight excluding hydrogens is 192 g/mol. The van der Waals surface area contributed by atoms with Gasteiger partial charge < -0.3 is 11.1 Å². The van der Waals surface area contributed by atoms with Gasteiger partial charge in [-0.05, 0) is 6.92 Å². The van der Waals surface area contributed by atoms with Crippen molar-refractivity contribution in [2.24, 2.45) is 18.7 Å². The van der Waals surface area contributed by atoms with E-state index >= 15 is 0 Å². The molecular formula is C10H18N4O. The van der Waals surface area contributed by atoms with Crippen LogP contribution in [0.25, 0.3) is 0 Å². The SMILES string of the molecule is Cc1c(CNCC(C)C(N)=O)cnn1C. The first kappa shape index (κ1) is 11.7. The third-order valence-electron chi connectivity index (χ3n) is 2.59. The number of hydrogen-bond acceptors (Lipinski definition) is 3. The molecule has 5 nitrogen and oxygen atoms in total. The average molecular weight is 210 g/mol. The second kappa shape index (κ2) is 4.93. The highest BCUT2D eigenvalue weighted by Crippen LogP contribution is 2.04. The third-order valence-corrected chi connectivity index (χ3v) is 2.59. The summed E-state index contributed by atoms with van der Waals surface area (Å²) in [4.78, 5) is 10.8. The molecule has 15 heavy (non-hydrogen) atoms. The zero-order chi connectivity index (χ0) is 11.4. The molecule has 1 unspecified atom stereocenters. The Morgan fingerprint density at radius 3 is 2.87 bits per heavy atom. The highest BCUT2D eigenvalue weighted by atomic mass is 16.1. The molecule has 0 radical (unpaired) electrons. The van der Waals surface area contributed by atoms with E-state index in [1.54, 1.807) is 0 Å². The van der Waals surface area contributed by atoms with Gasteiger partial charge in [-0.25, -0.2) is 0 Å². The van der Waals surface area contributed by atoms with E-state index < -0.39 is 0 Å². The van der Waals surface area contributed by atoms with Gasteiger partial charge in [0.1, 0.15) is 0 Å². The summed E-state index contributed by atoms with van der Waals surface area (Å²) in [6.45, 7) is 5.15. The minimum absolute atomic E-state index is 0.137. The molecule has 0 aliphatic heterocycles. The largest absolute Gasteiger partial charge is 0.369 e. The monoisotopic (exact) mass is 210 g/mol. The van der Waals surface area contributed by atoms with E-state index in [9.17, 15) is 4.79 Å². The lowest BCUT2D eigenvalue weighted by Gasteiger charge is -2.08. The van der Waals surface area contributed by atoms with E-state index in [1.165, 1.54) is 0 Å². The minimum Gasteiger partial charge on any atom is -0.369 e. The van der Waals surface area contributed by atoms with Crippen molar-refractivity contribution in [3.63, 3.8) is 0 Å². The number of amides is 1. The summed E-state index contributed by atoms with van der Waals surface area (Å²) in [5.74, 6) is -0.410. The van der Waals surface area contributed by atoms with Crippen LogP contribution in [0, 0.1) is 12.8 Å². The molecule has 0 aliphatic carbocycles. The maximum atomic E-state index is 10.8. The Morgan fingerprint density at radius 1 is 1.73 bits per heavy atom. The average Bonchev–Trinajstić information content (AvgIpc) is 2.49.